The van der Waals surface area contributed by atoms with Gasteiger partial charge in [-0.3, -0.25) is 24.1 Å². The molecule has 0 aliphatic carbocycles. The summed E-state index contributed by atoms with van der Waals surface area (Å²) in [6, 6.07) is -2.20. The van der Waals surface area contributed by atoms with E-state index in [1.165, 1.54) is 17.8 Å². The van der Waals surface area contributed by atoms with Gasteiger partial charge in [-0.25, -0.2) is 4.98 Å². The molecule has 1 aromatic rings. The summed E-state index contributed by atoms with van der Waals surface area (Å²) in [7, 11) is 6.84. The summed E-state index contributed by atoms with van der Waals surface area (Å²) in [5, 5.41) is 8.98. The van der Waals surface area contributed by atoms with Crippen LogP contribution in [0.25, 0.3) is 0 Å². The first kappa shape index (κ1) is 52.9. The second kappa shape index (κ2) is 26.9. The van der Waals surface area contributed by atoms with Crippen LogP contribution in [-0.2, 0) is 28.7 Å². The minimum Gasteiger partial charge on any atom is -0.379 e. The van der Waals surface area contributed by atoms with E-state index in [2.05, 4.69) is 49.9 Å². The lowest BCUT2D eigenvalue weighted by atomic mass is 9.89. The summed E-state index contributed by atoms with van der Waals surface area (Å²) in [6.45, 7) is 27.2. The third-order valence-electron chi connectivity index (χ3n) is 11.5. The van der Waals surface area contributed by atoms with Crippen LogP contribution in [0.3, 0.4) is 0 Å². The van der Waals surface area contributed by atoms with Gasteiger partial charge in [0.25, 0.3) is 0 Å². The van der Waals surface area contributed by atoms with Crippen molar-refractivity contribution < 1.29 is 31.5 Å². The van der Waals surface area contributed by atoms with Gasteiger partial charge in [0.05, 0.1) is 48.7 Å². The molecule has 0 aromatic carbocycles. The number of rotatable bonds is 23. The largest absolute Gasteiger partial charge is 0.379 e. The lowest BCUT2D eigenvalue weighted by molar-refractivity contribution is -0.148. The second-order valence-electron chi connectivity index (χ2n) is 16.5. The van der Waals surface area contributed by atoms with Gasteiger partial charge in [0.15, 0.2) is 0 Å². The third kappa shape index (κ3) is 14.9. The third-order valence-corrected chi connectivity index (χ3v) is 12.4. The first-order chi connectivity index (χ1) is 27.4. The maximum atomic E-state index is 14.3. The molecule has 2 rings (SSSR count). The molecule has 2 N–H and O–H groups in total. The van der Waals surface area contributed by atoms with E-state index in [0.29, 0.717) is 25.9 Å². The molecule has 0 radical (unpaired) electrons. The Hall–Kier alpha value is -3.13. The Morgan fingerprint density at radius 1 is 1.00 bits per heavy atom. The molecule has 13 heteroatoms. The van der Waals surface area contributed by atoms with E-state index in [4.69, 9.17) is 9.47 Å². The standard InChI is InChI=1S/C42H72N6O6S.C3H8.2H2/c1-15-28(9)37(47(12)42(52)35(26(5)6)45-40(51)36(27(7)8)46(11)18-4)33(53-13)25-34(49)48-22-19-20-32(48)38(54-14)29(10)39(50)44-31(24-30(16-2)17-3)41-43-21-23-55-41;1-3-2;;/h16-17,21,23,26-29,31-33,35-38H,2,15,18-20,22,24-25H2,1,3-14H3,(H,44,50)(H,45,51);3H2,1-2H3;2*1H/b30-17+;;;/t28?,29-,31+,32+,33-,35+,36+,37?,38?;;;/m1.../s1. The Balaban J connectivity index is 0. The molecule has 3 unspecified atom stereocenters. The average molecular weight is 837 g/mol. The van der Waals surface area contributed by atoms with Crippen molar-refractivity contribution in [3.63, 3.8) is 0 Å². The van der Waals surface area contributed by atoms with Gasteiger partial charge in [0.1, 0.15) is 11.0 Å². The van der Waals surface area contributed by atoms with Gasteiger partial charge in [-0.2, -0.15) is 0 Å². The second-order valence-corrected chi connectivity index (χ2v) is 17.4. The number of hydrogen-bond acceptors (Lipinski definition) is 9. The molecule has 58 heavy (non-hydrogen) atoms. The van der Waals surface area contributed by atoms with Crippen LogP contribution in [0, 0.1) is 23.7 Å². The van der Waals surface area contributed by atoms with Gasteiger partial charge in [-0.1, -0.05) is 106 Å². The van der Waals surface area contributed by atoms with Crippen molar-refractivity contribution >= 4 is 35.0 Å². The number of carbonyl (C=O) groups excluding carboxylic acids is 4. The van der Waals surface area contributed by atoms with Crippen LogP contribution < -0.4 is 10.6 Å². The summed E-state index contributed by atoms with van der Waals surface area (Å²) in [5.41, 5.74) is 1.00. The highest BCUT2D eigenvalue weighted by atomic mass is 32.1. The summed E-state index contributed by atoms with van der Waals surface area (Å²) in [4.78, 5) is 66.0. The quantitative estimate of drug-likeness (QED) is 0.107. The molecule has 9 atom stereocenters. The summed E-state index contributed by atoms with van der Waals surface area (Å²) in [5.74, 6) is -1.36. The number of ether oxygens (including phenoxy) is 2. The zero-order valence-electron chi connectivity index (χ0n) is 38.7. The number of nitrogens with zero attached hydrogens (tertiary/aromatic N) is 4. The zero-order valence-corrected chi connectivity index (χ0v) is 39.5. The van der Waals surface area contributed by atoms with Gasteiger partial charge in [0.2, 0.25) is 23.6 Å². The smallest absolute Gasteiger partial charge is 0.245 e. The highest BCUT2D eigenvalue weighted by molar-refractivity contribution is 7.09. The molecule has 1 fully saturated rings. The van der Waals surface area contributed by atoms with Gasteiger partial charge < -0.3 is 29.9 Å². The Bertz CT molecular complexity index is 1430. The average Bonchev–Trinajstić information content (AvgIpc) is 3.91. The number of allylic oxidation sites excluding steroid dienone is 2. The van der Waals surface area contributed by atoms with Gasteiger partial charge in [0, 0.05) is 42.2 Å². The maximum absolute atomic E-state index is 14.3. The number of likely N-dealkylation sites (tertiary alicyclic amines) is 1. The topological polar surface area (TPSA) is 133 Å². The van der Waals surface area contributed by atoms with Crippen molar-refractivity contribution in [3.05, 3.63) is 40.9 Å². The van der Waals surface area contributed by atoms with E-state index < -0.39 is 30.2 Å². The molecule has 1 saturated heterocycles. The number of aromatic nitrogens is 1. The van der Waals surface area contributed by atoms with Crippen LogP contribution in [0.1, 0.15) is 129 Å². The normalized spacial score (nSPS) is 18.7. The Morgan fingerprint density at radius 2 is 1.64 bits per heavy atom. The number of likely N-dealkylation sites (N-methyl/N-ethyl adjacent to an activating group) is 2. The van der Waals surface area contributed by atoms with E-state index in [9.17, 15) is 19.2 Å². The highest BCUT2D eigenvalue weighted by Gasteiger charge is 2.43. The molecule has 0 saturated carbocycles. The monoisotopic (exact) mass is 837 g/mol. The van der Waals surface area contributed by atoms with Crippen molar-refractivity contribution in [1.29, 1.82) is 0 Å². The number of amides is 4. The van der Waals surface area contributed by atoms with Gasteiger partial charge in [-0.15, -0.1) is 11.3 Å². The van der Waals surface area contributed by atoms with E-state index >= 15 is 0 Å². The van der Waals surface area contributed by atoms with Crippen molar-refractivity contribution in [3.8, 4) is 0 Å². The summed E-state index contributed by atoms with van der Waals surface area (Å²) >= 11 is 1.49. The van der Waals surface area contributed by atoms with Crippen molar-refractivity contribution in [2.24, 2.45) is 23.7 Å². The molecule has 336 valence electrons. The maximum Gasteiger partial charge on any atom is 0.245 e. The Kier molecular flexibility index (Phi) is 24.5. The first-order valence-corrected chi connectivity index (χ1v) is 22.4. The molecule has 12 nitrogen and oxygen atoms in total. The Morgan fingerprint density at radius 3 is 2.10 bits per heavy atom. The molecule has 1 aliphatic heterocycles. The van der Waals surface area contributed by atoms with Crippen LogP contribution in [0.4, 0.5) is 0 Å². The van der Waals surface area contributed by atoms with Gasteiger partial charge >= 0.3 is 0 Å². The number of thiazole rings is 1. The molecular formula is C45H84N6O6S. The first-order valence-electron chi connectivity index (χ1n) is 21.5. The van der Waals surface area contributed by atoms with E-state index in [1.807, 2.05) is 76.8 Å². The zero-order chi connectivity index (χ0) is 44.3. The van der Waals surface area contributed by atoms with Crippen LogP contribution >= 0.6 is 11.3 Å². The highest BCUT2D eigenvalue weighted by Crippen LogP contribution is 2.31. The number of hydrogen-bond donors (Lipinski definition) is 2. The lowest BCUT2D eigenvalue weighted by Crippen LogP contribution is -2.60. The Labute approximate surface area is 358 Å². The summed E-state index contributed by atoms with van der Waals surface area (Å²) < 4.78 is 12.1. The fourth-order valence-corrected chi connectivity index (χ4v) is 8.64. The SMILES string of the molecule is C=C/C(=C\C)C[C@H](NC(=O)[C@H](C)C(OC)[C@@H]1CCCN1C(=O)C[C@@H](OC)C(C(C)CC)N(C)C(=O)[C@@H](NC(=O)[C@H](C(C)C)N(C)CC)C(C)C)c1nccs1.CCC.[HH].[HH]. The molecule has 1 aromatic heterocycles. The van der Waals surface area contributed by atoms with E-state index in [0.717, 1.165) is 23.4 Å². The summed E-state index contributed by atoms with van der Waals surface area (Å²) in [6.07, 6.45) is 8.43. The van der Waals surface area contributed by atoms with Crippen LogP contribution in [-0.4, -0.2) is 121 Å². The predicted octanol–water partition coefficient (Wildman–Crippen LogP) is 7.77. The minimum absolute atomic E-state index is 0. The molecular weight excluding hydrogens is 753 g/mol. The fraction of sp³-hybridized carbons (Fsp3) is 0.756. The number of nitrogens with one attached hydrogen (secondary N) is 2. The molecule has 1 aliphatic rings. The van der Waals surface area contributed by atoms with Crippen LogP contribution in [0.2, 0.25) is 0 Å². The lowest BCUT2D eigenvalue weighted by Gasteiger charge is -2.41. The molecule has 2 heterocycles. The fourth-order valence-electron chi connectivity index (χ4n) is 7.95. The van der Waals surface area contributed by atoms with Crippen molar-refractivity contribution in [2.75, 3.05) is 41.4 Å². The molecule has 0 spiro atoms. The number of carbonyl (C=O) groups is 4. The molecule has 0 bridgehead atoms. The van der Waals surface area contributed by atoms with Crippen molar-refractivity contribution in [2.45, 2.75) is 157 Å². The van der Waals surface area contributed by atoms with E-state index in [1.54, 1.807) is 38.4 Å². The van der Waals surface area contributed by atoms with Gasteiger partial charge in [-0.05, 0) is 57.5 Å². The van der Waals surface area contributed by atoms with E-state index in [-0.39, 0.29) is 68.8 Å². The minimum atomic E-state index is -0.752. The van der Waals surface area contributed by atoms with Crippen molar-refractivity contribution in [1.82, 2.24) is 30.3 Å². The predicted molar refractivity (Wildman–Crippen MR) is 242 cm³/mol. The number of methoxy groups -OCH3 is 2. The molecule has 4 amide bonds. The van der Waals surface area contributed by atoms with Crippen LogP contribution in [0.15, 0.2) is 35.9 Å². The van der Waals surface area contributed by atoms with Crippen LogP contribution in [0.5, 0.6) is 0 Å².